The number of piperidine rings is 1. The molecule has 2 saturated heterocycles. The van der Waals surface area contributed by atoms with Crippen LogP contribution in [0.3, 0.4) is 0 Å². The van der Waals surface area contributed by atoms with E-state index >= 15 is 0 Å². The number of amides is 2. The van der Waals surface area contributed by atoms with Crippen molar-refractivity contribution in [2.75, 3.05) is 25.0 Å². The molecule has 3 aliphatic rings. The fraction of sp³-hybridized carbons (Fsp3) is 0.542. The van der Waals surface area contributed by atoms with E-state index in [4.69, 9.17) is 11.6 Å². The predicted molar refractivity (Wildman–Crippen MR) is 124 cm³/mol. The van der Waals surface area contributed by atoms with Crippen molar-refractivity contribution in [3.05, 3.63) is 46.6 Å². The summed E-state index contributed by atoms with van der Waals surface area (Å²) in [5.74, 6) is 0.559. The number of anilines is 1. The standard InChI is InChI=1S/C24H30ClN5O2/c1-17-15-18(3-6-20(17)25)16-29-11-2-8-24(29)9-13-28(14-10-24)23(32)30-12-7-21(27-30)26-22(31)19-4-5-19/h3,6-7,12,15,19H,2,4-5,8-11,13-14,16H2,1H3,(H,26,27,31). The lowest BCUT2D eigenvalue weighted by Crippen LogP contribution is -2.53. The van der Waals surface area contributed by atoms with Gasteiger partial charge in [0.1, 0.15) is 0 Å². The minimum absolute atomic E-state index is 0.000167. The van der Waals surface area contributed by atoms with Crippen molar-refractivity contribution in [2.45, 2.75) is 57.5 Å². The van der Waals surface area contributed by atoms with Crippen LogP contribution in [0.15, 0.2) is 30.5 Å². The van der Waals surface area contributed by atoms with Crippen LogP contribution in [0.25, 0.3) is 0 Å². The largest absolute Gasteiger partial charge is 0.344 e. The zero-order chi connectivity index (χ0) is 22.3. The first-order valence-electron chi connectivity index (χ1n) is 11.6. The molecule has 1 aliphatic carbocycles. The van der Waals surface area contributed by atoms with Gasteiger partial charge in [-0.1, -0.05) is 23.7 Å². The molecule has 1 aromatic carbocycles. The topological polar surface area (TPSA) is 70.5 Å². The first kappa shape index (κ1) is 21.5. The summed E-state index contributed by atoms with van der Waals surface area (Å²) in [6.07, 6.45) is 7.84. The Morgan fingerprint density at radius 3 is 2.66 bits per heavy atom. The van der Waals surface area contributed by atoms with Crippen LogP contribution >= 0.6 is 11.6 Å². The van der Waals surface area contributed by atoms with Gasteiger partial charge in [-0.3, -0.25) is 9.69 Å². The minimum atomic E-state index is -0.121. The lowest BCUT2D eigenvalue weighted by atomic mass is 9.84. The Morgan fingerprint density at radius 1 is 1.16 bits per heavy atom. The van der Waals surface area contributed by atoms with Crippen LogP contribution in [-0.4, -0.2) is 56.7 Å². The highest BCUT2D eigenvalue weighted by Gasteiger charge is 2.43. The summed E-state index contributed by atoms with van der Waals surface area (Å²) in [4.78, 5) is 29.4. The molecule has 170 valence electrons. The second-order valence-electron chi connectivity index (χ2n) is 9.51. The summed E-state index contributed by atoms with van der Waals surface area (Å²) in [6, 6.07) is 7.87. The highest BCUT2D eigenvalue weighted by atomic mass is 35.5. The Bertz CT molecular complexity index is 1020. The minimum Gasteiger partial charge on any atom is -0.323 e. The van der Waals surface area contributed by atoms with E-state index in [2.05, 4.69) is 27.4 Å². The molecular weight excluding hydrogens is 426 g/mol. The molecule has 0 unspecified atom stereocenters. The molecule has 3 fully saturated rings. The first-order valence-corrected chi connectivity index (χ1v) is 12.0. The molecule has 5 rings (SSSR count). The first-order chi connectivity index (χ1) is 15.4. The van der Waals surface area contributed by atoms with E-state index in [0.29, 0.717) is 5.82 Å². The molecule has 8 heteroatoms. The number of aromatic nitrogens is 2. The van der Waals surface area contributed by atoms with Crippen molar-refractivity contribution >= 4 is 29.4 Å². The number of carbonyl (C=O) groups is 2. The van der Waals surface area contributed by atoms with Gasteiger partial charge in [-0.05, 0) is 69.2 Å². The SMILES string of the molecule is Cc1cc(CN2CCCC23CCN(C(=O)n2ccc(NC(=O)C4CC4)n2)CC3)ccc1Cl. The molecule has 2 aromatic rings. The molecular formula is C24H30ClN5O2. The van der Waals surface area contributed by atoms with Gasteiger partial charge in [0.2, 0.25) is 5.91 Å². The van der Waals surface area contributed by atoms with Crippen LogP contribution in [0.4, 0.5) is 10.6 Å². The van der Waals surface area contributed by atoms with Gasteiger partial charge in [0.05, 0.1) is 0 Å². The summed E-state index contributed by atoms with van der Waals surface area (Å²) in [5.41, 5.74) is 2.58. The number of nitrogens with one attached hydrogen (secondary N) is 1. The van der Waals surface area contributed by atoms with Gasteiger partial charge in [-0.25, -0.2) is 4.79 Å². The summed E-state index contributed by atoms with van der Waals surface area (Å²) in [7, 11) is 0. The van der Waals surface area contributed by atoms with Gasteiger partial charge < -0.3 is 10.2 Å². The smallest absolute Gasteiger partial charge is 0.323 e. The average molecular weight is 456 g/mol. The molecule has 2 aliphatic heterocycles. The van der Waals surface area contributed by atoms with Crippen molar-refractivity contribution in [2.24, 2.45) is 5.92 Å². The zero-order valence-corrected chi connectivity index (χ0v) is 19.3. The molecule has 32 heavy (non-hydrogen) atoms. The van der Waals surface area contributed by atoms with Gasteiger partial charge >= 0.3 is 6.03 Å². The second-order valence-corrected chi connectivity index (χ2v) is 9.92. The van der Waals surface area contributed by atoms with Crippen LogP contribution in [-0.2, 0) is 11.3 Å². The number of carbonyl (C=O) groups excluding carboxylic acids is 2. The van der Waals surface area contributed by atoms with E-state index in [-0.39, 0.29) is 23.4 Å². The van der Waals surface area contributed by atoms with Crippen molar-refractivity contribution in [3.63, 3.8) is 0 Å². The summed E-state index contributed by atoms with van der Waals surface area (Å²) in [5, 5.41) is 7.90. The van der Waals surface area contributed by atoms with E-state index < -0.39 is 0 Å². The Hall–Kier alpha value is -2.38. The fourth-order valence-electron chi connectivity index (χ4n) is 5.16. The molecule has 2 amide bonds. The number of aryl methyl sites for hydroxylation is 1. The highest BCUT2D eigenvalue weighted by Crippen LogP contribution is 2.39. The van der Waals surface area contributed by atoms with E-state index in [0.717, 1.165) is 62.4 Å². The Morgan fingerprint density at radius 2 is 1.94 bits per heavy atom. The van der Waals surface area contributed by atoms with Crippen molar-refractivity contribution < 1.29 is 9.59 Å². The summed E-state index contributed by atoms with van der Waals surface area (Å²) in [6.45, 7) is 5.51. The Balaban J connectivity index is 1.20. The third kappa shape index (κ3) is 4.28. The van der Waals surface area contributed by atoms with Gasteiger partial charge in [0.25, 0.3) is 0 Å². The van der Waals surface area contributed by atoms with Crippen molar-refractivity contribution in [1.82, 2.24) is 19.6 Å². The third-order valence-electron chi connectivity index (χ3n) is 7.29. The number of benzene rings is 1. The molecule has 0 radical (unpaired) electrons. The maximum Gasteiger partial charge on any atom is 0.344 e. The van der Waals surface area contributed by atoms with Crippen molar-refractivity contribution in [1.29, 1.82) is 0 Å². The lowest BCUT2D eigenvalue weighted by Gasteiger charge is -2.45. The molecule has 1 N–H and O–H groups in total. The van der Waals surface area contributed by atoms with Crippen LogP contribution in [0.1, 0.15) is 49.7 Å². The number of halogens is 1. The molecule has 0 bridgehead atoms. The predicted octanol–water partition coefficient (Wildman–Crippen LogP) is 4.29. The van der Waals surface area contributed by atoms with Gasteiger partial charge in [0, 0.05) is 48.4 Å². The van der Waals surface area contributed by atoms with Gasteiger partial charge in [-0.2, -0.15) is 4.68 Å². The Kier molecular flexibility index (Phi) is 5.72. The number of likely N-dealkylation sites (tertiary alicyclic amines) is 2. The molecule has 7 nitrogen and oxygen atoms in total. The second kappa shape index (κ2) is 8.52. The van der Waals surface area contributed by atoms with E-state index in [1.165, 1.54) is 23.1 Å². The number of hydrogen-bond acceptors (Lipinski definition) is 4. The maximum atomic E-state index is 13.0. The van der Waals surface area contributed by atoms with Crippen LogP contribution < -0.4 is 5.32 Å². The maximum absolute atomic E-state index is 13.0. The third-order valence-corrected chi connectivity index (χ3v) is 7.71. The molecule has 1 spiro atoms. The number of nitrogens with zero attached hydrogens (tertiary/aromatic N) is 4. The molecule has 1 aromatic heterocycles. The van der Waals surface area contributed by atoms with E-state index in [1.807, 2.05) is 17.9 Å². The van der Waals surface area contributed by atoms with Gasteiger partial charge in [0.15, 0.2) is 5.82 Å². The van der Waals surface area contributed by atoms with Crippen LogP contribution in [0.5, 0.6) is 0 Å². The zero-order valence-electron chi connectivity index (χ0n) is 18.5. The number of rotatable bonds is 4. The van der Waals surface area contributed by atoms with Gasteiger partial charge in [-0.15, -0.1) is 5.10 Å². The molecule has 3 heterocycles. The lowest BCUT2D eigenvalue weighted by molar-refractivity contribution is -0.117. The Labute approximate surface area is 193 Å². The van der Waals surface area contributed by atoms with Crippen molar-refractivity contribution in [3.8, 4) is 0 Å². The van der Waals surface area contributed by atoms with E-state index in [1.54, 1.807) is 12.3 Å². The highest BCUT2D eigenvalue weighted by molar-refractivity contribution is 6.31. The summed E-state index contributed by atoms with van der Waals surface area (Å²) < 4.78 is 1.35. The monoisotopic (exact) mass is 455 g/mol. The molecule has 1 saturated carbocycles. The summed E-state index contributed by atoms with van der Waals surface area (Å²) >= 11 is 6.20. The van der Waals surface area contributed by atoms with Crippen LogP contribution in [0, 0.1) is 12.8 Å². The number of hydrogen-bond donors (Lipinski definition) is 1. The quantitative estimate of drug-likeness (QED) is 0.746. The molecule has 0 atom stereocenters. The van der Waals surface area contributed by atoms with E-state index in [9.17, 15) is 9.59 Å². The normalized spacial score (nSPS) is 20.6. The van der Waals surface area contributed by atoms with Crippen LogP contribution in [0.2, 0.25) is 5.02 Å². The fourth-order valence-corrected chi connectivity index (χ4v) is 5.28. The average Bonchev–Trinajstić information content (AvgIpc) is 3.44.